The van der Waals surface area contributed by atoms with Crippen LogP contribution in [0.15, 0.2) is 12.0 Å². The summed E-state index contributed by atoms with van der Waals surface area (Å²) in [6.07, 6.45) is 1.47. The molecule has 1 atom stereocenters. The molecular weight excluding hydrogens is 184 g/mol. The summed E-state index contributed by atoms with van der Waals surface area (Å²) < 4.78 is 15.5. The van der Waals surface area contributed by atoms with E-state index in [0.717, 1.165) is 0 Å². The van der Waals surface area contributed by atoms with Gasteiger partial charge in [-0.1, -0.05) is 0 Å². The Hall–Kier alpha value is -1.19. The molecule has 0 aromatic rings. The van der Waals surface area contributed by atoms with Gasteiger partial charge in [-0.25, -0.2) is 0 Å². The molecule has 1 rings (SSSR count). The van der Waals surface area contributed by atoms with Gasteiger partial charge in [0.15, 0.2) is 0 Å². The third-order valence-electron chi connectivity index (χ3n) is 1.89. The van der Waals surface area contributed by atoms with Gasteiger partial charge in [0.1, 0.15) is 17.9 Å². The van der Waals surface area contributed by atoms with Gasteiger partial charge >= 0.3 is 5.97 Å². The summed E-state index contributed by atoms with van der Waals surface area (Å²) in [4.78, 5) is 11.3. The lowest BCUT2D eigenvalue weighted by molar-refractivity contribution is -0.151. The second kappa shape index (κ2) is 3.90. The molecule has 1 heterocycles. The molecule has 0 aromatic carbocycles. The number of ether oxygens (including phenoxy) is 3. The molecule has 1 aliphatic rings. The highest BCUT2D eigenvalue weighted by Crippen LogP contribution is 2.29. The summed E-state index contributed by atoms with van der Waals surface area (Å²) in [5.41, 5.74) is 0. The Morgan fingerprint density at radius 1 is 1.64 bits per heavy atom. The minimum absolute atomic E-state index is 0.292. The molecule has 0 fully saturated rings. The van der Waals surface area contributed by atoms with E-state index in [4.69, 9.17) is 14.2 Å². The first-order valence-corrected chi connectivity index (χ1v) is 4.70. The van der Waals surface area contributed by atoms with Crippen LogP contribution in [0.25, 0.3) is 0 Å². The molecule has 4 heteroatoms. The van der Waals surface area contributed by atoms with E-state index in [1.54, 1.807) is 27.7 Å². The number of hydrogen-bond acceptors (Lipinski definition) is 4. The maximum absolute atomic E-state index is 11.3. The van der Waals surface area contributed by atoms with Gasteiger partial charge in [0, 0.05) is 13.8 Å². The quantitative estimate of drug-likeness (QED) is 0.652. The number of carbonyl (C=O) groups is 1. The average Bonchev–Trinajstić information content (AvgIpc) is 2.45. The number of carbonyl (C=O) groups excluding carboxylic acids is 1. The van der Waals surface area contributed by atoms with Crippen molar-refractivity contribution in [1.82, 2.24) is 0 Å². The summed E-state index contributed by atoms with van der Waals surface area (Å²) in [5.74, 6) is -0.846. The van der Waals surface area contributed by atoms with Gasteiger partial charge < -0.3 is 14.2 Å². The number of hydrogen-bond donors (Lipinski definition) is 0. The summed E-state index contributed by atoms with van der Waals surface area (Å²) in [6.45, 7) is 7.45. The molecule has 0 aromatic heterocycles. The SMILES string of the molecule is CCOC(=O)C(C)C1=COC(C)(C)O1. The van der Waals surface area contributed by atoms with Crippen molar-refractivity contribution in [3.63, 3.8) is 0 Å². The van der Waals surface area contributed by atoms with Crippen LogP contribution in [0.3, 0.4) is 0 Å². The van der Waals surface area contributed by atoms with E-state index in [1.165, 1.54) is 6.26 Å². The van der Waals surface area contributed by atoms with Gasteiger partial charge in [0.25, 0.3) is 0 Å². The smallest absolute Gasteiger partial charge is 0.316 e. The molecule has 0 amide bonds. The Kier molecular flexibility index (Phi) is 3.03. The topological polar surface area (TPSA) is 44.8 Å². The highest BCUT2D eigenvalue weighted by molar-refractivity contribution is 5.74. The molecule has 0 saturated carbocycles. The van der Waals surface area contributed by atoms with Crippen molar-refractivity contribution in [2.45, 2.75) is 33.5 Å². The zero-order chi connectivity index (χ0) is 10.8. The lowest BCUT2D eigenvalue weighted by atomic mass is 10.1. The van der Waals surface area contributed by atoms with Gasteiger partial charge in [-0.3, -0.25) is 4.79 Å². The first-order chi connectivity index (χ1) is 6.46. The van der Waals surface area contributed by atoms with Crippen LogP contribution in [-0.2, 0) is 19.0 Å². The second-order valence-corrected chi connectivity index (χ2v) is 3.61. The number of rotatable bonds is 3. The van der Waals surface area contributed by atoms with Crippen LogP contribution in [0.1, 0.15) is 27.7 Å². The van der Waals surface area contributed by atoms with E-state index in [0.29, 0.717) is 12.4 Å². The predicted octanol–water partition coefficient (Wildman–Crippen LogP) is 1.81. The third kappa shape index (κ3) is 2.40. The molecule has 0 saturated heterocycles. The molecule has 0 bridgehead atoms. The van der Waals surface area contributed by atoms with Crippen molar-refractivity contribution in [3.05, 3.63) is 12.0 Å². The van der Waals surface area contributed by atoms with E-state index in [1.807, 2.05) is 0 Å². The number of esters is 1. The monoisotopic (exact) mass is 200 g/mol. The molecule has 4 nitrogen and oxygen atoms in total. The Morgan fingerprint density at radius 3 is 2.71 bits per heavy atom. The lowest BCUT2D eigenvalue weighted by Gasteiger charge is -2.19. The fourth-order valence-electron chi connectivity index (χ4n) is 1.11. The van der Waals surface area contributed by atoms with E-state index >= 15 is 0 Å². The Bertz CT molecular complexity index is 255. The van der Waals surface area contributed by atoms with Gasteiger partial charge in [-0.15, -0.1) is 0 Å². The summed E-state index contributed by atoms with van der Waals surface area (Å²) >= 11 is 0. The molecule has 14 heavy (non-hydrogen) atoms. The molecule has 0 radical (unpaired) electrons. The van der Waals surface area contributed by atoms with E-state index in [-0.39, 0.29) is 5.97 Å². The van der Waals surface area contributed by atoms with Crippen LogP contribution >= 0.6 is 0 Å². The molecular formula is C10H16O4. The highest BCUT2D eigenvalue weighted by atomic mass is 16.7. The van der Waals surface area contributed by atoms with Gasteiger partial charge in [-0.2, -0.15) is 0 Å². The van der Waals surface area contributed by atoms with Crippen molar-refractivity contribution < 1.29 is 19.0 Å². The highest BCUT2D eigenvalue weighted by Gasteiger charge is 2.33. The molecule has 1 unspecified atom stereocenters. The van der Waals surface area contributed by atoms with Crippen molar-refractivity contribution in [3.8, 4) is 0 Å². The van der Waals surface area contributed by atoms with Gasteiger partial charge in [-0.05, 0) is 13.8 Å². The molecule has 0 aliphatic carbocycles. The molecule has 1 aliphatic heterocycles. The zero-order valence-corrected chi connectivity index (χ0v) is 8.99. The standard InChI is InChI=1S/C10H16O4/c1-5-12-9(11)7(2)8-6-13-10(3,4)14-8/h6-7H,5H2,1-4H3. The van der Waals surface area contributed by atoms with Crippen molar-refractivity contribution in [2.75, 3.05) is 6.61 Å². The van der Waals surface area contributed by atoms with Crippen molar-refractivity contribution >= 4 is 5.97 Å². The van der Waals surface area contributed by atoms with E-state index < -0.39 is 11.7 Å². The molecule has 0 N–H and O–H groups in total. The lowest BCUT2D eigenvalue weighted by Crippen LogP contribution is -2.24. The third-order valence-corrected chi connectivity index (χ3v) is 1.89. The Labute approximate surface area is 83.8 Å². The minimum atomic E-state index is -0.671. The van der Waals surface area contributed by atoms with Crippen LogP contribution in [0, 0.1) is 5.92 Å². The largest absolute Gasteiger partial charge is 0.465 e. The van der Waals surface area contributed by atoms with Crippen molar-refractivity contribution in [1.29, 1.82) is 0 Å². The Balaban J connectivity index is 2.55. The first kappa shape index (κ1) is 10.9. The summed E-state index contributed by atoms with van der Waals surface area (Å²) in [6, 6.07) is 0. The van der Waals surface area contributed by atoms with Crippen LogP contribution in [0.4, 0.5) is 0 Å². The van der Waals surface area contributed by atoms with Gasteiger partial charge in [0.2, 0.25) is 5.79 Å². The van der Waals surface area contributed by atoms with Crippen LogP contribution in [-0.4, -0.2) is 18.4 Å². The minimum Gasteiger partial charge on any atom is -0.465 e. The van der Waals surface area contributed by atoms with Crippen LogP contribution in [0.5, 0.6) is 0 Å². The van der Waals surface area contributed by atoms with Gasteiger partial charge in [0.05, 0.1) is 6.61 Å². The normalized spacial score (nSPS) is 20.4. The van der Waals surface area contributed by atoms with Crippen LogP contribution in [0.2, 0.25) is 0 Å². The van der Waals surface area contributed by atoms with Crippen LogP contribution < -0.4 is 0 Å². The molecule has 0 spiro atoms. The second-order valence-electron chi connectivity index (χ2n) is 3.61. The first-order valence-electron chi connectivity index (χ1n) is 4.70. The van der Waals surface area contributed by atoms with Crippen molar-refractivity contribution in [2.24, 2.45) is 5.92 Å². The van der Waals surface area contributed by atoms with E-state index in [2.05, 4.69) is 0 Å². The zero-order valence-electron chi connectivity index (χ0n) is 8.99. The fourth-order valence-corrected chi connectivity index (χ4v) is 1.11. The maximum atomic E-state index is 11.3. The maximum Gasteiger partial charge on any atom is 0.316 e. The predicted molar refractivity (Wildman–Crippen MR) is 50.1 cm³/mol. The Morgan fingerprint density at radius 2 is 2.29 bits per heavy atom. The summed E-state index contributed by atoms with van der Waals surface area (Å²) in [5, 5.41) is 0. The average molecular weight is 200 g/mol. The molecule has 80 valence electrons. The van der Waals surface area contributed by atoms with E-state index in [9.17, 15) is 4.79 Å². The summed E-state index contributed by atoms with van der Waals surface area (Å²) in [7, 11) is 0. The fraction of sp³-hybridized carbons (Fsp3) is 0.700.